The third kappa shape index (κ3) is 4.22. The molecular weight excluding hydrogens is 220 g/mol. The summed E-state index contributed by atoms with van der Waals surface area (Å²) in [7, 11) is 1.66. The Bertz CT molecular complexity index is 392. The predicted octanol–water partition coefficient (Wildman–Crippen LogP) is 1.15. The van der Waals surface area contributed by atoms with Crippen LogP contribution in [0, 0.1) is 5.92 Å². The molecule has 1 heterocycles. The van der Waals surface area contributed by atoms with Crippen molar-refractivity contribution in [3.05, 3.63) is 30.1 Å². The summed E-state index contributed by atoms with van der Waals surface area (Å²) < 4.78 is 0. The average Bonchev–Trinajstić information content (AvgIpc) is 2.28. The molecule has 0 fully saturated rings. The van der Waals surface area contributed by atoms with Gasteiger partial charge in [-0.05, 0) is 11.6 Å². The van der Waals surface area contributed by atoms with E-state index in [9.17, 15) is 9.59 Å². The van der Waals surface area contributed by atoms with Crippen molar-refractivity contribution < 1.29 is 14.7 Å². The molecule has 0 aliphatic rings. The first-order valence-corrected chi connectivity index (χ1v) is 5.36. The van der Waals surface area contributed by atoms with Crippen LogP contribution in [0.25, 0.3) is 0 Å². The zero-order valence-corrected chi connectivity index (χ0v) is 9.96. The standard InChI is InChI=1S/C12H16N2O3/c1-9(6-11(15)16)12(17)14(2)8-10-4-3-5-13-7-10/h3-5,7,9H,6,8H2,1-2H3,(H,15,16). The minimum Gasteiger partial charge on any atom is -0.481 e. The lowest BCUT2D eigenvalue weighted by atomic mass is 10.1. The van der Waals surface area contributed by atoms with Crippen LogP contribution in [0.5, 0.6) is 0 Å². The van der Waals surface area contributed by atoms with Crippen molar-refractivity contribution in [3.8, 4) is 0 Å². The average molecular weight is 236 g/mol. The lowest BCUT2D eigenvalue weighted by Gasteiger charge is -2.20. The van der Waals surface area contributed by atoms with E-state index in [-0.39, 0.29) is 12.3 Å². The fourth-order valence-corrected chi connectivity index (χ4v) is 1.57. The maximum Gasteiger partial charge on any atom is 0.304 e. The molecule has 0 aliphatic heterocycles. The minimum absolute atomic E-state index is 0.143. The molecule has 92 valence electrons. The molecule has 0 saturated carbocycles. The van der Waals surface area contributed by atoms with Crippen molar-refractivity contribution in [2.45, 2.75) is 19.9 Å². The third-order valence-electron chi connectivity index (χ3n) is 2.42. The summed E-state index contributed by atoms with van der Waals surface area (Å²) >= 11 is 0. The molecule has 0 radical (unpaired) electrons. The summed E-state index contributed by atoms with van der Waals surface area (Å²) in [4.78, 5) is 27.8. The van der Waals surface area contributed by atoms with Gasteiger partial charge in [0.25, 0.3) is 0 Å². The van der Waals surface area contributed by atoms with Crippen molar-refractivity contribution in [1.29, 1.82) is 0 Å². The van der Waals surface area contributed by atoms with Gasteiger partial charge in [-0.2, -0.15) is 0 Å². The van der Waals surface area contributed by atoms with Crippen molar-refractivity contribution in [2.24, 2.45) is 5.92 Å². The molecule has 0 aliphatic carbocycles. The Morgan fingerprint density at radius 3 is 2.76 bits per heavy atom. The first-order chi connectivity index (χ1) is 8.00. The van der Waals surface area contributed by atoms with Crippen molar-refractivity contribution in [3.63, 3.8) is 0 Å². The predicted molar refractivity (Wildman–Crippen MR) is 62.1 cm³/mol. The van der Waals surface area contributed by atoms with E-state index in [2.05, 4.69) is 4.98 Å². The van der Waals surface area contributed by atoms with E-state index in [1.165, 1.54) is 4.90 Å². The number of aromatic nitrogens is 1. The molecule has 0 saturated heterocycles. The molecule has 1 aromatic rings. The number of aliphatic carboxylic acids is 1. The van der Waals surface area contributed by atoms with Gasteiger partial charge in [0.1, 0.15) is 0 Å². The second-order valence-electron chi connectivity index (χ2n) is 4.05. The quantitative estimate of drug-likeness (QED) is 0.832. The van der Waals surface area contributed by atoms with Crippen LogP contribution in [0.1, 0.15) is 18.9 Å². The summed E-state index contributed by atoms with van der Waals surface area (Å²) in [5.41, 5.74) is 0.922. The highest BCUT2D eigenvalue weighted by atomic mass is 16.4. The van der Waals surface area contributed by atoms with E-state index in [1.54, 1.807) is 32.4 Å². The van der Waals surface area contributed by atoms with Crippen LogP contribution in [-0.4, -0.2) is 33.9 Å². The van der Waals surface area contributed by atoms with Crippen LogP contribution in [0.4, 0.5) is 0 Å². The van der Waals surface area contributed by atoms with Gasteiger partial charge in [0, 0.05) is 31.9 Å². The third-order valence-corrected chi connectivity index (χ3v) is 2.42. The molecular formula is C12H16N2O3. The first-order valence-electron chi connectivity index (χ1n) is 5.36. The number of carboxylic acid groups (broad SMARTS) is 1. The number of pyridine rings is 1. The smallest absolute Gasteiger partial charge is 0.304 e. The van der Waals surface area contributed by atoms with E-state index < -0.39 is 11.9 Å². The molecule has 1 N–H and O–H groups in total. The van der Waals surface area contributed by atoms with Gasteiger partial charge < -0.3 is 10.0 Å². The molecule has 5 heteroatoms. The van der Waals surface area contributed by atoms with E-state index in [4.69, 9.17) is 5.11 Å². The van der Waals surface area contributed by atoms with Gasteiger partial charge in [-0.25, -0.2) is 0 Å². The normalized spacial score (nSPS) is 11.9. The Labute approximate surface area is 100 Å². The maximum atomic E-state index is 11.8. The van der Waals surface area contributed by atoms with Gasteiger partial charge in [0.05, 0.1) is 6.42 Å². The molecule has 1 rings (SSSR count). The summed E-state index contributed by atoms with van der Waals surface area (Å²) in [5.74, 6) is -1.63. The molecule has 1 aromatic heterocycles. The first kappa shape index (κ1) is 13.2. The number of carbonyl (C=O) groups is 2. The Morgan fingerprint density at radius 1 is 1.53 bits per heavy atom. The number of carboxylic acids is 1. The van der Waals surface area contributed by atoms with Gasteiger partial charge in [-0.1, -0.05) is 13.0 Å². The highest BCUT2D eigenvalue weighted by molar-refractivity contribution is 5.82. The van der Waals surface area contributed by atoms with E-state index in [1.807, 2.05) is 6.07 Å². The molecule has 5 nitrogen and oxygen atoms in total. The van der Waals surface area contributed by atoms with Crippen molar-refractivity contribution >= 4 is 11.9 Å². The van der Waals surface area contributed by atoms with E-state index in [0.29, 0.717) is 6.54 Å². The fourth-order valence-electron chi connectivity index (χ4n) is 1.57. The Kier molecular flexibility index (Phi) is 4.63. The summed E-state index contributed by atoms with van der Waals surface area (Å²) in [6.45, 7) is 2.06. The van der Waals surface area contributed by atoms with Crippen LogP contribution in [0.2, 0.25) is 0 Å². The summed E-state index contributed by atoms with van der Waals surface area (Å²) in [6, 6.07) is 3.67. The zero-order chi connectivity index (χ0) is 12.8. The molecule has 17 heavy (non-hydrogen) atoms. The number of amides is 1. The summed E-state index contributed by atoms with van der Waals surface area (Å²) in [5, 5.41) is 8.62. The number of rotatable bonds is 5. The van der Waals surface area contributed by atoms with Crippen LogP contribution in [-0.2, 0) is 16.1 Å². The van der Waals surface area contributed by atoms with Crippen LogP contribution < -0.4 is 0 Å². The lowest BCUT2D eigenvalue weighted by molar-refractivity contribution is -0.143. The van der Waals surface area contributed by atoms with Gasteiger partial charge in [0.2, 0.25) is 5.91 Å². The number of nitrogens with zero attached hydrogens (tertiary/aromatic N) is 2. The molecule has 1 atom stereocenters. The van der Waals surface area contributed by atoms with Crippen LogP contribution >= 0.6 is 0 Å². The van der Waals surface area contributed by atoms with E-state index in [0.717, 1.165) is 5.56 Å². The summed E-state index contributed by atoms with van der Waals surface area (Å²) in [6.07, 6.45) is 3.21. The topological polar surface area (TPSA) is 70.5 Å². The van der Waals surface area contributed by atoms with Crippen molar-refractivity contribution in [2.75, 3.05) is 7.05 Å². The van der Waals surface area contributed by atoms with Crippen molar-refractivity contribution in [1.82, 2.24) is 9.88 Å². The van der Waals surface area contributed by atoms with Crippen LogP contribution in [0.15, 0.2) is 24.5 Å². The largest absolute Gasteiger partial charge is 0.481 e. The molecule has 0 spiro atoms. The van der Waals surface area contributed by atoms with Gasteiger partial charge in [-0.3, -0.25) is 14.6 Å². The monoisotopic (exact) mass is 236 g/mol. The second-order valence-corrected chi connectivity index (χ2v) is 4.05. The SMILES string of the molecule is CC(CC(=O)O)C(=O)N(C)Cc1cccnc1. The lowest BCUT2D eigenvalue weighted by Crippen LogP contribution is -2.32. The fraction of sp³-hybridized carbons (Fsp3) is 0.417. The Balaban J connectivity index is 2.55. The highest BCUT2D eigenvalue weighted by Gasteiger charge is 2.20. The van der Waals surface area contributed by atoms with Gasteiger partial charge in [-0.15, -0.1) is 0 Å². The Morgan fingerprint density at radius 2 is 2.24 bits per heavy atom. The number of carbonyl (C=O) groups excluding carboxylic acids is 1. The van der Waals surface area contributed by atoms with E-state index >= 15 is 0 Å². The second kappa shape index (κ2) is 5.98. The maximum absolute atomic E-state index is 11.8. The van der Waals surface area contributed by atoms with Gasteiger partial charge in [0.15, 0.2) is 0 Å². The number of hydrogen-bond donors (Lipinski definition) is 1. The Hall–Kier alpha value is -1.91. The highest BCUT2D eigenvalue weighted by Crippen LogP contribution is 2.09. The zero-order valence-electron chi connectivity index (χ0n) is 9.96. The molecule has 1 unspecified atom stereocenters. The minimum atomic E-state index is -0.958. The molecule has 0 bridgehead atoms. The number of hydrogen-bond acceptors (Lipinski definition) is 3. The van der Waals surface area contributed by atoms with Gasteiger partial charge >= 0.3 is 5.97 Å². The molecule has 1 amide bonds. The molecule has 0 aromatic carbocycles. The van der Waals surface area contributed by atoms with Crippen LogP contribution in [0.3, 0.4) is 0 Å².